The molecule has 2 saturated heterocycles. The topological polar surface area (TPSA) is 88.2 Å². The highest BCUT2D eigenvalue weighted by Crippen LogP contribution is 2.34. The molecule has 0 saturated carbocycles. The van der Waals surface area contributed by atoms with E-state index in [-0.39, 0.29) is 61.0 Å². The van der Waals surface area contributed by atoms with E-state index in [1.807, 2.05) is 0 Å². The lowest BCUT2D eigenvalue weighted by atomic mass is 10.0. The van der Waals surface area contributed by atoms with Crippen molar-refractivity contribution < 1.29 is 30.7 Å². The van der Waals surface area contributed by atoms with Crippen LogP contribution in [0.2, 0.25) is 0 Å². The van der Waals surface area contributed by atoms with Crippen LogP contribution in [0.4, 0.5) is 0 Å². The van der Waals surface area contributed by atoms with Crippen molar-refractivity contribution in [3.8, 4) is 5.75 Å². The summed E-state index contributed by atoms with van der Waals surface area (Å²) in [6.07, 6.45) is 0.981. The summed E-state index contributed by atoms with van der Waals surface area (Å²) in [5.41, 5.74) is 1.24. The van der Waals surface area contributed by atoms with E-state index < -0.39 is 25.0 Å². The van der Waals surface area contributed by atoms with Crippen molar-refractivity contribution in [1.29, 1.82) is 0 Å². The number of morpholine rings is 1. The van der Waals surface area contributed by atoms with Gasteiger partial charge in [0.05, 0.1) is 20.0 Å². The molecule has 1 unspecified atom stereocenters. The molecule has 0 aromatic heterocycles. The Bertz CT molecular complexity index is 1380. The molecule has 8 heteroatoms. The maximum Gasteiger partial charge on any atom is 0.255 e. The van der Waals surface area contributed by atoms with Gasteiger partial charge in [0.2, 0.25) is 11.8 Å². The van der Waals surface area contributed by atoms with Gasteiger partial charge in [0, 0.05) is 29.9 Å². The van der Waals surface area contributed by atoms with Crippen LogP contribution in [0.1, 0.15) is 46.7 Å². The highest BCUT2D eigenvalue weighted by molar-refractivity contribution is 6.02. The molecule has 3 aliphatic rings. The summed E-state index contributed by atoms with van der Waals surface area (Å²) in [5.74, 6) is -1.07. The number of hydrogen-bond acceptors (Lipinski definition) is 5. The van der Waals surface area contributed by atoms with Crippen LogP contribution in [-0.2, 0) is 33.9 Å². The summed E-state index contributed by atoms with van der Waals surface area (Å²) in [6.45, 7) is -0.932. The number of carbonyl (C=O) groups is 3. The molecule has 5 rings (SSSR count). The van der Waals surface area contributed by atoms with Gasteiger partial charge in [-0.15, -0.1) is 0 Å². The number of nitrogens with one attached hydrogen (secondary N) is 1. The predicted molar refractivity (Wildman–Crippen MR) is 124 cm³/mol. The second kappa shape index (κ2) is 9.30. The highest BCUT2D eigenvalue weighted by atomic mass is 16.5. The van der Waals surface area contributed by atoms with E-state index >= 15 is 0 Å². The van der Waals surface area contributed by atoms with Gasteiger partial charge < -0.3 is 24.6 Å². The van der Waals surface area contributed by atoms with Crippen LogP contribution in [0.5, 0.6) is 5.75 Å². The van der Waals surface area contributed by atoms with Gasteiger partial charge in [0.15, 0.2) is 0 Å². The Hall–Kier alpha value is -3.65. The number of rotatable bonds is 6. The molecular formula is C26H27N3O5. The second-order valence-corrected chi connectivity index (χ2v) is 8.27. The molecule has 8 nitrogen and oxygen atoms in total. The predicted octanol–water partition coefficient (Wildman–Crippen LogP) is 2.37. The van der Waals surface area contributed by atoms with E-state index in [1.54, 1.807) is 12.1 Å². The summed E-state index contributed by atoms with van der Waals surface area (Å²) in [5, 5.41) is 2.68. The fourth-order valence-corrected chi connectivity index (χ4v) is 4.19. The van der Waals surface area contributed by atoms with Crippen molar-refractivity contribution >= 4 is 17.7 Å². The highest BCUT2D eigenvalue weighted by Gasteiger charge is 2.39. The Kier molecular flexibility index (Phi) is 4.62. The minimum Gasteiger partial charge on any atom is -0.489 e. The summed E-state index contributed by atoms with van der Waals surface area (Å²) < 4.78 is 53.3. The molecule has 2 aromatic rings. The maximum atomic E-state index is 13.1. The first-order chi connectivity index (χ1) is 18.4. The number of carbonyl (C=O) groups excluding carboxylic acids is 3. The third-order valence-corrected chi connectivity index (χ3v) is 5.98. The van der Waals surface area contributed by atoms with Gasteiger partial charge >= 0.3 is 0 Å². The van der Waals surface area contributed by atoms with Crippen LogP contribution in [0.15, 0.2) is 54.7 Å². The van der Waals surface area contributed by atoms with Crippen molar-refractivity contribution in [2.75, 3.05) is 19.8 Å². The molecule has 2 aromatic carbocycles. The van der Waals surface area contributed by atoms with Gasteiger partial charge in [-0.1, -0.05) is 36.9 Å². The zero-order valence-corrected chi connectivity index (χ0v) is 18.4. The third kappa shape index (κ3) is 4.41. The lowest BCUT2D eigenvalue weighted by molar-refractivity contribution is -0.143. The van der Waals surface area contributed by atoms with Gasteiger partial charge in [-0.3, -0.25) is 14.4 Å². The van der Waals surface area contributed by atoms with E-state index in [2.05, 4.69) is 11.9 Å². The van der Waals surface area contributed by atoms with E-state index in [0.29, 0.717) is 29.7 Å². The van der Waals surface area contributed by atoms with Gasteiger partial charge in [-0.05, 0) is 36.1 Å². The van der Waals surface area contributed by atoms with Gasteiger partial charge in [-0.25, -0.2) is 0 Å². The Morgan fingerprint density at radius 2 is 2.06 bits per heavy atom. The Balaban J connectivity index is 1.38. The number of piperidine rings is 1. The van der Waals surface area contributed by atoms with Crippen LogP contribution in [0, 0.1) is 0 Å². The fraction of sp³-hybridized carbons (Fsp3) is 0.346. The van der Waals surface area contributed by atoms with Crippen LogP contribution < -0.4 is 10.1 Å². The first kappa shape index (κ1) is 16.9. The average molecular weight is 467 g/mol. The molecule has 3 aliphatic heterocycles. The van der Waals surface area contributed by atoms with Crippen molar-refractivity contribution in [3.63, 3.8) is 0 Å². The number of allylic oxidation sites excluding steroid dienone is 1. The lowest BCUT2D eigenvalue weighted by Gasteiger charge is -2.31. The lowest BCUT2D eigenvalue weighted by Crippen LogP contribution is -2.49. The maximum absolute atomic E-state index is 13.1. The zero-order valence-electron chi connectivity index (χ0n) is 23.4. The summed E-state index contributed by atoms with van der Waals surface area (Å²) in [6, 6.07) is 7.49. The van der Waals surface area contributed by atoms with Crippen LogP contribution in [0.3, 0.4) is 0 Å². The minimum atomic E-state index is -2.44. The SMILES string of the molecule is [2H]c1cc(C([2H])([2H])Oc2cccc3c2CN(C2CCC(=C)NC2=O)C3=O)ccc1C([2H])([2H])N1CCOCC1=O. The Labute approximate surface area is 205 Å². The zero-order chi connectivity index (χ0) is 28.1. The molecule has 3 amide bonds. The van der Waals surface area contributed by atoms with Gasteiger partial charge in [-0.2, -0.15) is 0 Å². The normalized spacial score (nSPS) is 23.4. The van der Waals surface area contributed by atoms with E-state index in [1.165, 1.54) is 23.1 Å². The molecule has 0 radical (unpaired) electrons. The number of ether oxygens (including phenoxy) is 2. The molecule has 176 valence electrons. The van der Waals surface area contributed by atoms with Crippen LogP contribution in [-0.4, -0.2) is 53.3 Å². The minimum absolute atomic E-state index is 0.0308. The van der Waals surface area contributed by atoms with Crippen LogP contribution in [0.25, 0.3) is 0 Å². The summed E-state index contributed by atoms with van der Waals surface area (Å²) >= 11 is 0. The van der Waals surface area contributed by atoms with Crippen molar-refractivity contribution in [2.24, 2.45) is 0 Å². The first-order valence-corrected chi connectivity index (χ1v) is 11.0. The first-order valence-electron chi connectivity index (χ1n) is 13.5. The van der Waals surface area contributed by atoms with E-state index in [0.717, 1.165) is 11.0 Å². The molecule has 3 heterocycles. The number of fused-ring (bicyclic) bond motifs is 1. The van der Waals surface area contributed by atoms with Gasteiger partial charge in [0.25, 0.3) is 5.91 Å². The molecule has 34 heavy (non-hydrogen) atoms. The van der Waals surface area contributed by atoms with E-state index in [4.69, 9.17) is 16.3 Å². The summed E-state index contributed by atoms with van der Waals surface area (Å²) in [7, 11) is 0. The standard InChI is InChI=1S/C26H27N3O5/c1-17-5-10-22(25(31)27-17)29-14-21-20(26(29)32)3-2-4-23(21)34-15-19-8-6-18(7-9-19)13-28-11-12-33-16-24(28)30/h2-4,6-9,22H,1,5,10-16H2,(H,27,31)/i6D,13D2,15D2. The van der Waals surface area contributed by atoms with Gasteiger partial charge in [0.1, 0.15) is 25.0 Å². The third-order valence-electron chi connectivity index (χ3n) is 5.98. The largest absolute Gasteiger partial charge is 0.489 e. The second-order valence-electron chi connectivity index (χ2n) is 8.27. The smallest absolute Gasteiger partial charge is 0.255 e. The van der Waals surface area contributed by atoms with Crippen molar-refractivity contribution in [3.05, 3.63) is 77.0 Å². The molecule has 1 N–H and O–H groups in total. The van der Waals surface area contributed by atoms with Crippen molar-refractivity contribution in [2.45, 2.75) is 38.5 Å². The monoisotopic (exact) mass is 466 g/mol. The molecule has 2 fully saturated rings. The quantitative estimate of drug-likeness (QED) is 0.706. The van der Waals surface area contributed by atoms with Crippen LogP contribution >= 0.6 is 0 Å². The molecule has 0 spiro atoms. The molecule has 0 bridgehead atoms. The number of hydrogen-bond donors (Lipinski definition) is 1. The molecule has 0 aliphatic carbocycles. The average Bonchev–Trinajstić information content (AvgIpc) is 3.21. The Morgan fingerprint density at radius 3 is 2.85 bits per heavy atom. The fourth-order valence-electron chi connectivity index (χ4n) is 4.19. The van der Waals surface area contributed by atoms with Crippen molar-refractivity contribution in [1.82, 2.24) is 15.1 Å². The molecular weight excluding hydrogens is 434 g/mol. The number of amides is 3. The molecule has 1 atom stereocenters. The van der Waals surface area contributed by atoms with E-state index in [9.17, 15) is 14.4 Å². The Morgan fingerprint density at radius 1 is 1.21 bits per heavy atom. The number of benzene rings is 2. The number of nitrogens with zero attached hydrogens (tertiary/aromatic N) is 2. The summed E-state index contributed by atoms with van der Waals surface area (Å²) in [4.78, 5) is 40.3.